The highest BCUT2D eigenvalue weighted by Gasteiger charge is 2.01. The van der Waals surface area contributed by atoms with Crippen molar-refractivity contribution in [3.8, 4) is 0 Å². The molecule has 0 unspecified atom stereocenters. The Balaban J connectivity index is 3.30. The zero-order chi connectivity index (χ0) is 12.9. The third kappa shape index (κ3) is 13.1. The molecule has 0 radical (unpaired) electrons. The lowest BCUT2D eigenvalue weighted by Crippen LogP contribution is -2.05. The van der Waals surface area contributed by atoms with Gasteiger partial charge in [0.15, 0.2) is 0 Å². The van der Waals surface area contributed by atoms with Crippen molar-refractivity contribution in [1.29, 1.82) is 0 Å². The maximum absolute atomic E-state index is 10.2. The summed E-state index contributed by atoms with van der Waals surface area (Å²) in [5.74, 6) is -0.732. The molecule has 0 aliphatic heterocycles. The Labute approximate surface area is 105 Å². The van der Waals surface area contributed by atoms with Crippen molar-refractivity contribution in [2.75, 3.05) is 0 Å². The van der Waals surface area contributed by atoms with Gasteiger partial charge in [-0.1, -0.05) is 38.3 Å². The van der Waals surface area contributed by atoms with Crippen LogP contribution in [0, 0.1) is 0 Å². The van der Waals surface area contributed by atoms with E-state index in [1.165, 1.54) is 12.8 Å². The molecule has 1 atom stereocenters. The van der Waals surface area contributed by atoms with Crippen molar-refractivity contribution in [1.82, 2.24) is 0 Å². The molecule has 0 heterocycles. The van der Waals surface area contributed by atoms with Crippen LogP contribution in [0.3, 0.4) is 0 Å². The number of rotatable bonds is 11. The van der Waals surface area contributed by atoms with Crippen molar-refractivity contribution < 1.29 is 15.0 Å². The van der Waals surface area contributed by atoms with E-state index in [0.29, 0.717) is 6.42 Å². The van der Waals surface area contributed by atoms with Gasteiger partial charge < -0.3 is 10.2 Å². The van der Waals surface area contributed by atoms with Crippen LogP contribution in [0.2, 0.25) is 0 Å². The van der Waals surface area contributed by atoms with Crippen molar-refractivity contribution in [3.05, 3.63) is 12.2 Å². The Hall–Kier alpha value is -0.830. The molecule has 0 aromatic carbocycles. The van der Waals surface area contributed by atoms with E-state index < -0.39 is 5.97 Å². The molecule has 0 rings (SSSR count). The van der Waals surface area contributed by atoms with E-state index in [0.717, 1.165) is 32.1 Å². The minimum absolute atomic E-state index is 0.176. The number of aliphatic hydroxyl groups excluding tert-OH is 1. The quantitative estimate of drug-likeness (QED) is 0.430. The highest BCUT2D eigenvalue weighted by molar-refractivity contribution is 5.66. The van der Waals surface area contributed by atoms with E-state index in [2.05, 4.69) is 6.92 Å². The molecule has 0 aliphatic rings. The van der Waals surface area contributed by atoms with E-state index in [1.54, 1.807) is 0 Å². The Bertz CT molecular complexity index is 212. The first-order chi connectivity index (χ1) is 8.16. The lowest BCUT2D eigenvalue weighted by molar-refractivity contribution is -0.137. The molecule has 0 fully saturated rings. The highest BCUT2D eigenvalue weighted by atomic mass is 16.4. The third-order valence-electron chi connectivity index (χ3n) is 2.74. The lowest BCUT2D eigenvalue weighted by Gasteiger charge is -2.07. The molecule has 2 N–H and O–H groups in total. The first-order valence-electron chi connectivity index (χ1n) is 6.71. The maximum atomic E-state index is 10.2. The standard InChI is InChI=1S/C14H26O3/c1-2-3-7-10-13(15)11-8-5-4-6-9-12-14(16)17/h4-5,13,15H,2-3,6-12H2,1H3,(H,16,17)/b5-4-/t13-/m0/s1. The number of carboxylic acids is 1. The van der Waals surface area contributed by atoms with E-state index in [4.69, 9.17) is 5.11 Å². The van der Waals surface area contributed by atoms with Gasteiger partial charge in [0.05, 0.1) is 6.10 Å². The second-order valence-electron chi connectivity index (χ2n) is 4.48. The number of aliphatic hydroxyl groups is 1. The molecule has 100 valence electrons. The van der Waals surface area contributed by atoms with Gasteiger partial charge in [0.2, 0.25) is 0 Å². The summed E-state index contributed by atoms with van der Waals surface area (Å²) in [6.07, 6.45) is 11.8. The van der Waals surface area contributed by atoms with Crippen LogP contribution in [-0.4, -0.2) is 22.3 Å². The van der Waals surface area contributed by atoms with E-state index >= 15 is 0 Å². The maximum Gasteiger partial charge on any atom is 0.303 e. The van der Waals surface area contributed by atoms with Crippen molar-refractivity contribution >= 4 is 5.97 Å². The van der Waals surface area contributed by atoms with Gasteiger partial charge in [-0.25, -0.2) is 0 Å². The van der Waals surface area contributed by atoms with Crippen LogP contribution >= 0.6 is 0 Å². The molecule has 0 bridgehead atoms. The van der Waals surface area contributed by atoms with Crippen molar-refractivity contribution in [2.24, 2.45) is 0 Å². The molecule has 0 spiro atoms. The summed E-state index contributed by atoms with van der Waals surface area (Å²) in [5.41, 5.74) is 0. The summed E-state index contributed by atoms with van der Waals surface area (Å²) >= 11 is 0. The summed E-state index contributed by atoms with van der Waals surface area (Å²) in [6, 6.07) is 0. The Morgan fingerprint density at radius 3 is 2.47 bits per heavy atom. The topological polar surface area (TPSA) is 57.5 Å². The van der Waals surface area contributed by atoms with E-state index in [-0.39, 0.29) is 12.5 Å². The van der Waals surface area contributed by atoms with Gasteiger partial charge >= 0.3 is 5.97 Å². The lowest BCUT2D eigenvalue weighted by atomic mass is 10.1. The van der Waals surface area contributed by atoms with Crippen LogP contribution in [0.15, 0.2) is 12.2 Å². The van der Waals surface area contributed by atoms with Gasteiger partial charge in [0.1, 0.15) is 0 Å². The molecule has 0 saturated heterocycles. The fraction of sp³-hybridized carbons (Fsp3) is 0.786. The van der Waals surface area contributed by atoms with Crippen LogP contribution in [0.25, 0.3) is 0 Å². The van der Waals surface area contributed by atoms with Crippen LogP contribution < -0.4 is 0 Å². The van der Waals surface area contributed by atoms with Gasteiger partial charge in [-0.3, -0.25) is 4.79 Å². The average Bonchev–Trinajstić information content (AvgIpc) is 2.28. The first kappa shape index (κ1) is 16.2. The molecular formula is C14H26O3. The molecule has 17 heavy (non-hydrogen) atoms. The number of aliphatic carboxylic acids is 1. The molecule has 3 nitrogen and oxygen atoms in total. The largest absolute Gasteiger partial charge is 0.481 e. The molecule has 0 aliphatic carbocycles. The summed E-state index contributed by atoms with van der Waals surface area (Å²) in [6.45, 7) is 2.16. The Morgan fingerprint density at radius 2 is 1.82 bits per heavy atom. The molecule has 0 aromatic rings. The highest BCUT2D eigenvalue weighted by Crippen LogP contribution is 2.09. The fourth-order valence-electron chi connectivity index (χ4n) is 1.67. The predicted molar refractivity (Wildman–Crippen MR) is 70.0 cm³/mol. The number of allylic oxidation sites excluding steroid dienone is 2. The first-order valence-corrected chi connectivity index (χ1v) is 6.71. The Kier molecular flexibility index (Phi) is 11.1. The number of hydrogen-bond donors (Lipinski definition) is 2. The molecule has 0 amide bonds. The predicted octanol–water partition coefficient (Wildman–Crippen LogP) is 3.52. The third-order valence-corrected chi connectivity index (χ3v) is 2.74. The second-order valence-corrected chi connectivity index (χ2v) is 4.48. The summed E-state index contributed by atoms with van der Waals surface area (Å²) < 4.78 is 0. The molecule has 0 saturated carbocycles. The van der Waals surface area contributed by atoms with E-state index in [9.17, 15) is 9.90 Å². The number of unbranched alkanes of at least 4 members (excludes halogenated alkanes) is 3. The zero-order valence-electron chi connectivity index (χ0n) is 10.9. The molecule has 3 heteroatoms. The number of carbonyl (C=O) groups is 1. The number of hydrogen-bond acceptors (Lipinski definition) is 2. The molecular weight excluding hydrogens is 216 g/mol. The smallest absolute Gasteiger partial charge is 0.303 e. The summed E-state index contributed by atoms with van der Waals surface area (Å²) in [5, 5.41) is 18.1. The van der Waals surface area contributed by atoms with Gasteiger partial charge in [0.25, 0.3) is 0 Å². The normalized spacial score (nSPS) is 13.1. The van der Waals surface area contributed by atoms with Gasteiger partial charge in [0, 0.05) is 6.42 Å². The fourth-order valence-corrected chi connectivity index (χ4v) is 1.67. The van der Waals surface area contributed by atoms with Crippen LogP contribution in [0.4, 0.5) is 0 Å². The van der Waals surface area contributed by atoms with E-state index in [1.807, 2.05) is 12.2 Å². The average molecular weight is 242 g/mol. The van der Waals surface area contributed by atoms with Crippen molar-refractivity contribution in [3.63, 3.8) is 0 Å². The zero-order valence-corrected chi connectivity index (χ0v) is 10.9. The molecule has 0 aromatic heterocycles. The van der Waals surface area contributed by atoms with Crippen LogP contribution in [0.1, 0.15) is 64.7 Å². The summed E-state index contributed by atoms with van der Waals surface area (Å²) in [7, 11) is 0. The SMILES string of the molecule is CCCCC[C@H](O)CC/C=C\CCCC(=O)O. The van der Waals surface area contributed by atoms with Crippen LogP contribution in [0.5, 0.6) is 0 Å². The van der Waals surface area contributed by atoms with Gasteiger partial charge in [-0.2, -0.15) is 0 Å². The number of carboxylic acid groups (broad SMARTS) is 1. The van der Waals surface area contributed by atoms with Crippen molar-refractivity contribution in [2.45, 2.75) is 70.8 Å². The monoisotopic (exact) mass is 242 g/mol. The van der Waals surface area contributed by atoms with Gasteiger partial charge in [-0.15, -0.1) is 0 Å². The second kappa shape index (κ2) is 11.6. The summed E-state index contributed by atoms with van der Waals surface area (Å²) in [4.78, 5) is 10.2. The van der Waals surface area contributed by atoms with Crippen LogP contribution in [-0.2, 0) is 4.79 Å². The minimum Gasteiger partial charge on any atom is -0.481 e. The van der Waals surface area contributed by atoms with Gasteiger partial charge in [-0.05, 0) is 32.1 Å². The minimum atomic E-state index is -0.732. The Morgan fingerprint density at radius 1 is 1.12 bits per heavy atom.